The topological polar surface area (TPSA) is 79.4 Å². The first kappa shape index (κ1) is 12.9. The second-order valence-electron chi connectivity index (χ2n) is 4.87. The van der Waals surface area contributed by atoms with E-state index < -0.39 is 0 Å². The lowest BCUT2D eigenvalue weighted by Crippen LogP contribution is -1.92. The van der Waals surface area contributed by atoms with Crippen molar-refractivity contribution in [1.29, 1.82) is 0 Å². The molecule has 2 N–H and O–H groups in total. The van der Waals surface area contributed by atoms with Crippen molar-refractivity contribution >= 4 is 32.6 Å². The van der Waals surface area contributed by atoms with Gasteiger partial charge in [0.25, 0.3) is 0 Å². The number of aromatic nitrogens is 5. The highest BCUT2D eigenvalue weighted by molar-refractivity contribution is 7.21. The zero-order chi connectivity index (χ0) is 14.9. The van der Waals surface area contributed by atoms with Crippen LogP contribution in [0.5, 0.6) is 0 Å². The molecule has 0 atom stereocenters. The number of aryl methyl sites for hydroxylation is 1. The molecule has 0 fully saturated rings. The molecule has 0 saturated heterocycles. The smallest absolute Gasteiger partial charge is 0.190 e. The maximum absolute atomic E-state index is 4.63. The SMILES string of the molecule is Cc1ccnc(Nc2nc3ccc(-c4cn[nH]c4)nc3s2)c1. The Labute approximate surface area is 130 Å². The number of anilines is 2. The van der Waals surface area contributed by atoms with Crippen LogP contribution in [0, 0.1) is 6.92 Å². The summed E-state index contributed by atoms with van der Waals surface area (Å²) in [5.41, 5.74) is 3.86. The maximum atomic E-state index is 4.63. The summed E-state index contributed by atoms with van der Waals surface area (Å²) in [5, 5.41) is 10.8. The first-order chi connectivity index (χ1) is 10.8. The van der Waals surface area contributed by atoms with Gasteiger partial charge in [0, 0.05) is 18.0 Å². The Morgan fingerprint density at radius 1 is 1.18 bits per heavy atom. The molecule has 4 heterocycles. The number of H-pyrrole nitrogens is 1. The minimum atomic E-state index is 0.782. The minimum absolute atomic E-state index is 0.782. The van der Waals surface area contributed by atoms with Gasteiger partial charge in [0.05, 0.1) is 11.9 Å². The second-order valence-corrected chi connectivity index (χ2v) is 5.85. The minimum Gasteiger partial charge on any atom is -0.316 e. The van der Waals surface area contributed by atoms with Crippen LogP contribution in [-0.4, -0.2) is 25.1 Å². The van der Waals surface area contributed by atoms with Crippen LogP contribution in [0.25, 0.3) is 21.6 Å². The first-order valence-corrected chi connectivity index (χ1v) is 7.56. The fraction of sp³-hybridized carbons (Fsp3) is 0.0667. The fourth-order valence-electron chi connectivity index (χ4n) is 2.14. The summed E-state index contributed by atoms with van der Waals surface area (Å²) < 4.78 is 0. The van der Waals surface area contributed by atoms with Gasteiger partial charge >= 0.3 is 0 Å². The van der Waals surface area contributed by atoms with Crippen LogP contribution in [0.15, 0.2) is 42.9 Å². The maximum Gasteiger partial charge on any atom is 0.190 e. The number of aromatic amines is 1. The van der Waals surface area contributed by atoms with Gasteiger partial charge in [0.2, 0.25) is 0 Å². The van der Waals surface area contributed by atoms with Crippen molar-refractivity contribution in [2.24, 2.45) is 0 Å². The van der Waals surface area contributed by atoms with E-state index in [2.05, 4.69) is 30.5 Å². The van der Waals surface area contributed by atoms with Crippen LogP contribution in [0.3, 0.4) is 0 Å². The van der Waals surface area contributed by atoms with E-state index in [1.54, 1.807) is 12.4 Å². The molecule has 0 aliphatic carbocycles. The highest BCUT2D eigenvalue weighted by atomic mass is 32.1. The number of thiazole rings is 1. The highest BCUT2D eigenvalue weighted by Gasteiger charge is 2.08. The molecule has 0 aromatic carbocycles. The average molecular weight is 308 g/mol. The van der Waals surface area contributed by atoms with Crippen LogP contribution < -0.4 is 5.32 Å². The Morgan fingerprint density at radius 3 is 2.95 bits per heavy atom. The molecule has 0 aliphatic rings. The molecule has 0 aliphatic heterocycles. The predicted molar refractivity (Wildman–Crippen MR) is 87.3 cm³/mol. The number of hydrogen-bond donors (Lipinski definition) is 2. The summed E-state index contributed by atoms with van der Waals surface area (Å²) in [6.45, 7) is 2.03. The van der Waals surface area contributed by atoms with Crippen molar-refractivity contribution < 1.29 is 0 Å². The van der Waals surface area contributed by atoms with Crippen molar-refractivity contribution in [2.45, 2.75) is 6.92 Å². The third kappa shape index (κ3) is 2.42. The molecule has 7 heteroatoms. The van der Waals surface area contributed by atoms with Crippen LogP contribution in [0.1, 0.15) is 5.56 Å². The summed E-state index contributed by atoms with van der Waals surface area (Å²) in [5.74, 6) is 0.786. The van der Waals surface area contributed by atoms with Crippen molar-refractivity contribution in [2.75, 3.05) is 5.32 Å². The number of rotatable bonds is 3. The largest absolute Gasteiger partial charge is 0.316 e. The second kappa shape index (κ2) is 5.19. The lowest BCUT2D eigenvalue weighted by Gasteiger charge is -2.00. The number of nitrogens with zero attached hydrogens (tertiary/aromatic N) is 4. The van der Waals surface area contributed by atoms with E-state index in [-0.39, 0.29) is 0 Å². The number of nitrogens with one attached hydrogen (secondary N) is 2. The molecule has 4 aromatic rings. The molecular weight excluding hydrogens is 296 g/mol. The van der Waals surface area contributed by atoms with Crippen molar-refractivity contribution in [3.8, 4) is 11.3 Å². The van der Waals surface area contributed by atoms with Gasteiger partial charge in [0.15, 0.2) is 5.13 Å². The molecule has 0 bridgehead atoms. The third-order valence-corrected chi connectivity index (χ3v) is 4.08. The van der Waals surface area contributed by atoms with Crippen LogP contribution in [0.4, 0.5) is 10.9 Å². The number of hydrogen-bond acceptors (Lipinski definition) is 6. The number of pyridine rings is 2. The zero-order valence-electron chi connectivity index (χ0n) is 11.7. The van der Waals surface area contributed by atoms with E-state index in [0.717, 1.165) is 38.1 Å². The van der Waals surface area contributed by atoms with Gasteiger partial charge in [-0.2, -0.15) is 5.10 Å². The highest BCUT2D eigenvalue weighted by Crippen LogP contribution is 2.28. The predicted octanol–water partition coefficient (Wildman–Crippen LogP) is 3.53. The fourth-order valence-corrected chi connectivity index (χ4v) is 2.98. The summed E-state index contributed by atoms with van der Waals surface area (Å²) >= 11 is 1.51. The molecule has 6 nitrogen and oxygen atoms in total. The molecule has 0 saturated carbocycles. The zero-order valence-corrected chi connectivity index (χ0v) is 12.6. The first-order valence-electron chi connectivity index (χ1n) is 6.74. The van der Waals surface area contributed by atoms with Gasteiger partial charge in [-0.05, 0) is 36.8 Å². The molecule has 0 radical (unpaired) electrons. The van der Waals surface area contributed by atoms with Gasteiger partial charge in [-0.1, -0.05) is 11.3 Å². The monoisotopic (exact) mass is 308 g/mol. The van der Waals surface area contributed by atoms with Gasteiger partial charge in [-0.25, -0.2) is 15.0 Å². The van der Waals surface area contributed by atoms with Crippen molar-refractivity contribution in [3.63, 3.8) is 0 Å². The summed E-state index contributed by atoms with van der Waals surface area (Å²) in [4.78, 5) is 14.3. The van der Waals surface area contributed by atoms with Gasteiger partial charge in [-0.15, -0.1) is 0 Å². The molecule has 0 spiro atoms. The molecule has 4 rings (SSSR count). The van der Waals surface area contributed by atoms with Crippen molar-refractivity contribution in [3.05, 3.63) is 48.4 Å². The molecule has 0 amide bonds. The lowest BCUT2D eigenvalue weighted by atomic mass is 10.2. The molecule has 108 valence electrons. The Morgan fingerprint density at radius 2 is 2.14 bits per heavy atom. The van der Waals surface area contributed by atoms with Gasteiger partial charge < -0.3 is 5.32 Å². The molecule has 4 aromatic heterocycles. The van der Waals surface area contributed by atoms with E-state index in [1.807, 2.05) is 37.4 Å². The number of fused-ring (bicyclic) bond motifs is 1. The van der Waals surface area contributed by atoms with E-state index in [4.69, 9.17) is 0 Å². The Bertz CT molecular complexity index is 928. The normalized spacial score (nSPS) is 11.0. The molecule has 22 heavy (non-hydrogen) atoms. The Kier molecular flexibility index (Phi) is 3.05. The summed E-state index contributed by atoms with van der Waals surface area (Å²) in [7, 11) is 0. The molecular formula is C15H12N6S. The Balaban J connectivity index is 1.68. The average Bonchev–Trinajstić information content (AvgIpc) is 3.15. The van der Waals surface area contributed by atoms with E-state index in [9.17, 15) is 0 Å². The third-order valence-electron chi connectivity index (χ3n) is 3.20. The van der Waals surface area contributed by atoms with Crippen molar-refractivity contribution in [1.82, 2.24) is 25.1 Å². The standard InChI is InChI=1S/C15H12N6S/c1-9-4-5-16-13(6-9)21-15-20-12-3-2-11(19-14(12)22-15)10-7-17-18-8-10/h2-8H,1H3,(H,17,18)(H,16,20,21). The van der Waals surface area contributed by atoms with E-state index in [0.29, 0.717) is 0 Å². The van der Waals surface area contributed by atoms with Gasteiger partial charge in [0.1, 0.15) is 16.2 Å². The van der Waals surface area contributed by atoms with E-state index >= 15 is 0 Å². The molecule has 0 unspecified atom stereocenters. The van der Waals surface area contributed by atoms with Gasteiger partial charge in [-0.3, -0.25) is 5.10 Å². The lowest BCUT2D eigenvalue weighted by molar-refractivity contribution is 1.09. The van der Waals surface area contributed by atoms with Crippen LogP contribution >= 0.6 is 11.3 Å². The van der Waals surface area contributed by atoms with Crippen LogP contribution in [0.2, 0.25) is 0 Å². The summed E-state index contributed by atoms with van der Waals surface area (Å²) in [6, 6.07) is 7.86. The Hall–Kier alpha value is -2.80. The quantitative estimate of drug-likeness (QED) is 0.605. The van der Waals surface area contributed by atoms with E-state index in [1.165, 1.54) is 11.3 Å². The summed E-state index contributed by atoms with van der Waals surface area (Å²) in [6.07, 6.45) is 5.36. The van der Waals surface area contributed by atoms with Crippen LogP contribution in [-0.2, 0) is 0 Å².